The fourth-order valence-electron chi connectivity index (χ4n) is 6.84. The highest BCUT2D eigenvalue weighted by atomic mass is 19.1. The van der Waals surface area contributed by atoms with Crippen LogP contribution in [0, 0.1) is 21.8 Å². The lowest BCUT2D eigenvalue weighted by Crippen LogP contribution is -2.52. The molecule has 3 heterocycles. The number of nitrogens with one attached hydrogen (secondary N) is 1. The third-order valence-electron chi connectivity index (χ3n) is 8.35. The monoisotopic (exact) mass is 499 g/mol. The molecular weight excluding hydrogens is 473 g/mol. The van der Waals surface area contributed by atoms with Crippen molar-refractivity contribution >= 4 is 23.1 Å². The molecule has 2 saturated heterocycles. The van der Waals surface area contributed by atoms with Crippen LogP contribution in [0.4, 0.5) is 15.8 Å². The van der Waals surface area contributed by atoms with Gasteiger partial charge >= 0.3 is 0 Å². The van der Waals surface area contributed by atoms with E-state index in [-0.39, 0.29) is 23.4 Å². The maximum Gasteiger partial charge on any atom is 0.269 e. The van der Waals surface area contributed by atoms with E-state index in [1.165, 1.54) is 36.4 Å². The van der Waals surface area contributed by atoms with E-state index < -0.39 is 28.1 Å². The number of non-ortho nitro benzene ring substituents is 1. The van der Waals surface area contributed by atoms with Crippen LogP contribution in [0.5, 0.6) is 0 Å². The van der Waals surface area contributed by atoms with Gasteiger partial charge in [-0.05, 0) is 67.3 Å². The van der Waals surface area contributed by atoms with Crippen LogP contribution in [0.15, 0.2) is 66.7 Å². The molecule has 1 spiro atoms. The number of nitro groups is 1. The van der Waals surface area contributed by atoms with Gasteiger partial charge in [0.1, 0.15) is 11.4 Å². The van der Waals surface area contributed by atoms with Crippen molar-refractivity contribution in [2.24, 2.45) is 5.92 Å². The quantitative estimate of drug-likeness (QED) is 0.296. The van der Waals surface area contributed by atoms with Crippen LogP contribution in [0.3, 0.4) is 0 Å². The summed E-state index contributed by atoms with van der Waals surface area (Å²) in [5.41, 5.74) is 2.17. The molecule has 3 aliphatic heterocycles. The number of Topliss-reactive ketones (excluding diaryl/α,β-unsaturated/α-hetero) is 1. The summed E-state index contributed by atoms with van der Waals surface area (Å²) < 4.78 is 13.8. The van der Waals surface area contributed by atoms with Crippen molar-refractivity contribution in [1.82, 2.24) is 4.90 Å². The predicted molar refractivity (Wildman–Crippen MR) is 136 cm³/mol. The van der Waals surface area contributed by atoms with E-state index in [0.29, 0.717) is 23.4 Å². The van der Waals surface area contributed by atoms with Crippen molar-refractivity contribution in [3.05, 3.63) is 105 Å². The Morgan fingerprint density at radius 1 is 1.16 bits per heavy atom. The Balaban J connectivity index is 1.62. The van der Waals surface area contributed by atoms with Gasteiger partial charge < -0.3 is 5.32 Å². The summed E-state index contributed by atoms with van der Waals surface area (Å²) in [6, 6.07) is 17.5. The molecule has 0 saturated carbocycles. The first kappa shape index (κ1) is 23.5. The molecular formula is C29H26FN3O4. The second kappa shape index (κ2) is 8.59. The Kier molecular flexibility index (Phi) is 5.45. The summed E-state index contributed by atoms with van der Waals surface area (Å²) in [4.78, 5) is 41.8. The normalized spacial score (nSPS) is 26.2. The zero-order valence-corrected chi connectivity index (χ0v) is 20.3. The Hall–Kier alpha value is -3.91. The first-order valence-corrected chi connectivity index (χ1v) is 12.6. The summed E-state index contributed by atoms with van der Waals surface area (Å²) >= 11 is 0. The summed E-state index contributed by atoms with van der Waals surface area (Å²) in [7, 11) is 0. The summed E-state index contributed by atoms with van der Waals surface area (Å²) in [5, 5.41) is 14.7. The number of aryl methyl sites for hydroxylation is 1. The molecule has 0 aromatic heterocycles. The number of fused-ring (bicyclic) bond motifs is 4. The number of carbonyl (C=O) groups excluding carboxylic acids is 2. The third kappa shape index (κ3) is 3.35. The molecule has 188 valence electrons. The first-order valence-electron chi connectivity index (χ1n) is 12.6. The van der Waals surface area contributed by atoms with Crippen molar-refractivity contribution in [3.63, 3.8) is 0 Å². The summed E-state index contributed by atoms with van der Waals surface area (Å²) in [6.45, 7) is 2.67. The Morgan fingerprint density at radius 2 is 1.95 bits per heavy atom. The van der Waals surface area contributed by atoms with Gasteiger partial charge in [-0.1, -0.05) is 31.2 Å². The van der Waals surface area contributed by atoms with Crippen molar-refractivity contribution in [2.75, 3.05) is 11.9 Å². The van der Waals surface area contributed by atoms with Crippen molar-refractivity contribution in [3.8, 4) is 0 Å². The van der Waals surface area contributed by atoms with E-state index in [1.807, 2.05) is 31.2 Å². The van der Waals surface area contributed by atoms with Gasteiger partial charge in [-0.25, -0.2) is 4.39 Å². The van der Waals surface area contributed by atoms with Gasteiger partial charge in [-0.15, -0.1) is 0 Å². The van der Waals surface area contributed by atoms with Crippen LogP contribution in [0.25, 0.3) is 0 Å². The van der Waals surface area contributed by atoms with E-state index >= 15 is 0 Å². The van der Waals surface area contributed by atoms with Crippen LogP contribution in [0.2, 0.25) is 0 Å². The SMILES string of the molecule is CCc1ccc2c(c1)[C@]1(C(=O)N2)C(C(=O)c2ccc(F)cc2)C(c2cccc([N+](=O)[O-])c2)C2CCCN21. The molecule has 0 radical (unpaired) electrons. The van der Waals surface area contributed by atoms with Crippen molar-refractivity contribution < 1.29 is 18.9 Å². The number of anilines is 1. The standard InChI is InChI=1S/C29H26FN3O4/c1-2-17-8-13-23-22(15-17)29(28(35)31-23)26(27(34)18-9-11-20(30)12-10-18)25(24-7-4-14-32(24)29)19-5-3-6-21(16-19)33(36)37/h3,5-6,8-13,15-16,24-26H,2,4,7,14H2,1H3,(H,31,35)/t24?,25?,26?,29-/m1/s1. The number of benzene rings is 3. The Labute approximate surface area is 213 Å². The van der Waals surface area contributed by atoms with Gasteiger partial charge in [0.15, 0.2) is 5.78 Å². The number of hydrogen-bond acceptors (Lipinski definition) is 5. The van der Waals surface area contributed by atoms with Crippen LogP contribution >= 0.6 is 0 Å². The number of nitro benzene ring substituents is 1. The topological polar surface area (TPSA) is 92.5 Å². The van der Waals surface area contributed by atoms with Gasteiger partial charge in [0.2, 0.25) is 5.91 Å². The molecule has 3 aromatic rings. The summed E-state index contributed by atoms with van der Waals surface area (Å²) in [6.07, 6.45) is 2.38. The zero-order chi connectivity index (χ0) is 25.9. The maximum absolute atomic E-state index is 14.4. The van der Waals surface area contributed by atoms with E-state index in [2.05, 4.69) is 10.2 Å². The van der Waals surface area contributed by atoms with Gasteiger partial charge in [0, 0.05) is 40.9 Å². The molecule has 0 aliphatic carbocycles. The first-order chi connectivity index (χ1) is 17.9. The molecule has 37 heavy (non-hydrogen) atoms. The number of ketones is 1. The number of hydrogen-bond donors (Lipinski definition) is 1. The molecule has 3 aromatic carbocycles. The Morgan fingerprint density at radius 3 is 2.68 bits per heavy atom. The number of amides is 1. The molecule has 3 unspecified atom stereocenters. The van der Waals surface area contributed by atoms with Crippen LogP contribution in [0.1, 0.15) is 52.7 Å². The molecule has 0 bridgehead atoms. The van der Waals surface area contributed by atoms with Gasteiger partial charge in [0.05, 0.1) is 10.8 Å². The highest BCUT2D eigenvalue weighted by Gasteiger charge is 2.69. The lowest BCUT2D eigenvalue weighted by Gasteiger charge is -2.37. The second-order valence-corrected chi connectivity index (χ2v) is 10.1. The minimum absolute atomic E-state index is 0.0551. The predicted octanol–water partition coefficient (Wildman–Crippen LogP) is 5.20. The van der Waals surface area contributed by atoms with Gasteiger partial charge in [0.25, 0.3) is 5.69 Å². The fraction of sp³-hybridized carbons (Fsp3) is 0.310. The average Bonchev–Trinajstić information content (AvgIpc) is 3.57. The minimum Gasteiger partial charge on any atom is -0.324 e. The maximum atomic E-state index is 14.4. The highest BCUT2D eigenvalue weighted by molar-refractivity contribution is 6.12. The van der Waals surface area contributed by atoms with E-state index in [0.717, 1.165) is 30.4 Å². The van der Waals surface area contributed by atoms with Crippen LogP contribution < -0.4 is 5.32 Å². The van der Waals surface area contributed by atoms with Crippen LogP contribution in [-0.2, 0) is 16.8 Å². The van der Waals surface area contributed by atoms with E-state index in [1.54, 1.807) is 6.07 Å². The lowest BCUT2D eigenvalue weighted by atomic mass is 9.68. The van der Waals surface area contributed by atoms with E-state index in [4.69, 9.17) is 0 Å². The molecule has 8 heteroatoms. The highest BCUT2D eigenvalue weighted by Crippen LogP contribution is 2.61. The summed E-state index contributed by atoms with van der Waals surface area (Å²) in [5.74, 6) is -2.28. The van der Waals surface area contributed by atoms with Gasteiger partial charge in [-0.3, -0.25) is 24.6 Å². The minimum atomic E-state index is -1.26. The van der Waals surface area contributed by atoms with E-state index in [9.17, 15) is 24.1 Å². The molecule has 2 fully saturated rings. The van der Waals surface area contributed by atoms with Crippen molar-refractivity contribution in [1.29, 1.82) is 0 Å². The molecule has 7 nitrogen and oxygen atoms in total. The van der Waals surface area contributed by atoms with Crippen molar-refractivity contribution in [2.45, 2.75) is 43.7 Å². The average molecular weight is 500 g/mol. The fourth-order valence-corrected chi connectivity index (χ4v) is 6.84. The smallest absolute Gasteiger partial charge is 0.269 e. The molecule has 3 aliphatic rings. The molecule has 4 atom stereocenters. The second-order valence-electron chi connectivity index (χ2n) is 10.1. The number of rotatable bonds is 5. The Bertz CT molecular complexity index is 1440. The largest absolute Gasteiger partial charge is 0.324 e. The zero-order valence-electron chi connectivity index (χ0n) is 20.3. The molecule has 6 rings (SSSR count). The number of carbonyl (C=O) groups is 2. The van der Waals surface area contributed by atoms with Gasteiger partial charge in [-0.2, -0.15) is 0 Å². The lowest BCUT2D eigenvalue weighted by molar-refractivity contribution is -0.384. The van der Waals surface area contributed by atoms with Crippen LogP contribution in [-0.4, -0.2) is 34.1 Å². The molecule has 1 amide bonds. The molecule has 1 N–H and O–H groups in total. The number of nitrogens with zero attached hydrogens (tertiary/aromatic N) is 2. The third-order valence-corrected chi connectivity index (χ3v) is 8.35. The number of halogens is 1.